The molecule has 0 heterocycles. The predicted molar refractivity (Wildman–Crippen MR) is 56.9 cm³/mol. The van der Waals surface area contributed by atoms with Gasteiger partial charge in [0.15, 0.2) is 0 Å². The van der Waals surface area contributed by atoms with Crippen LogP contribution in [0.1, 0.15) is 20.8 Å². The van der Waals surface area contributed by atoms with Crippen molar-refractivity contribution in [2.45, 2.75) is 40.4 Å². The molecule has 12 heavy (non-hydrogen) atoms. The van der Waals surface area contributed by atoms with Crippen molar-refractivity contribution < 1.29 is 4.79 Å². The summed E-state index contributed by atoms with van der Waals surface area (Å²) in [5.74, 6) is 0.497. The van der Waals surface area contributed by atoms with Gasteiger partial charge in [0.2, 0.25) is 0 Å². The van der Waals surface area contributed by atoms with Gasteiger partial charge in [-0.2, -0.15) is 0 Å². The van der Waals surface area contributed by atoms with E-state index in [-0.39, 0.29) is 0 Å². The minimum atomic E-state index is -1.40. The van der Waals surface area contributed by atoms with Gasteiger partial charge in [0, 0.05) is 0 Å². The maximum atomic E-state index is 10.9. The molecule has 0 N–H and O–H groups in total. The summed E-state index contributed by atoms with van der Waals surface area (Å²) in [5.41, 5.74) is 1.27. The van der Waals surface area contributed by atoms with Gasteiger partial charge in [-0.1, -0.05) is 39.1 Å². The average molecular weight is 184 g/mol. The molecule has 0 atom stereocenters. The molecule has 0 rings (SSSR count). The second kappa shape index (κ2) is 4.03. The summed E-state index contributed by atoms with van der Waals surface area (Å²) in [6.45, 7) is 13.0. The Morgan fingerprint density at radius 3 is 1.75 bits per heavy atom. The topological polar surface area (TPSA) is 17.1 Å². The molecule has 0 aromatic carbocycles. The van der Waals surface area contributed by atoms with Crippen LogP contribution in [0.15, 0.2) is 10.8 Å². The fourth-order valence-corrected chi connectivity index (χ4v) is 3.00. The summed E-state index contributed by atoms with van der Waals surface area (Å²) in [4.78, 5) is 10.9. The Labute approximate surface area is 76.9 Å². The summed E-state index contributed by atoms with van der Waals surface area (Å²) >= 11 is 0. The second-order valence-electron chi connectivity index (χ2n) is 4.62. The van der Waals surface area contributed by atoms with Crippen molar-refractivity contribution in [2.24, 2.45) is 5.92 Å². The zero-order valence-electron chi connectivity index (χ0n) is 9.06. The quantitative estimate of drug-likeness (QED) is 0.374. The SMILES string of the molecule is C/C(=C(/C=O)[Si](C)(C)C)C(C)C. The molecule has 2 heteroatoms. The third kappa shape index (κ3) is 2.93. The van der Waals surface area contributed by atoms with Gasteiger partial charge in [-0.3, -0.25) is 4.79 Å². The first-order valence-electron chi connectivity index (χ1n) is 4.47. The Hall–Kier alpha value is -0.373. The normalized spacial score (nSPS) is 14.6. The molecule has 70 valence electrons. The van der Waals surface area contributed by atoms with Crippen LogP contribution >= 0.6 is 0 Å². The van der Waals surface area contributed by atoms with E-state index in [1.807, 2.05) is 0 Å². The van der Waals surface area contributed by atoms with Crippen LogP contribution in [-0.2, 0) is 4.79 Å². The molecule has 1 nitrogen and oxygen atoms in total. The highest BCUT2D eigenvalue weighted by Gasteiger charge is 2.21. The van der Waals surface area contributed by atoms with Gasteiger partial charge in [0.1, 0.15) is 6.29 Å². The summed E-state index contributed by atoms with van der Waals surface area (Å²) in [5, 5.41) is 1.08. The van der Waals surface area contributed by atoms with Crippen molar-refractivity contribution in [1.29, 1.82) is 0 Å². The first kappa shape index (κ1) is 11.6. The van der Waals surface area contributed by atoms with E-state index in [2.05, 4.69) is 40.4 Å². The Morgan fingerprint density at radius 2 is 1.67 bits per heavy atom. The third-order valence-electron chi connectivity index (χ3n) is 2.22. The molecule has 0 unspecified atom stereocenters. The lowest BCUT2D eigenvalue weighted by Gasteiger charge is -2.20. The molecular formula is C10H20OSi. The van der Waals surface area contributed by atoms with Gasteiger partial charge in [-0.05, 0) is 18.0 Å². The minimum Gasteiger partial charge on any atom is -0.299 e. The van der Waals surface area contributed by atoms with Gasteiger partial charge in [-0.15, -0.1) is 0 Å². The van der Waals surface area contributed by atoms with Crippen LogP contribution in [0, 0.1) is 5.92 Å². The first-order valence-corrected chi connectivity index (χ1v) is 7.97. The van der Waals surface area contributed by atoms with Crippen molar-refractivity contribution in [2.75, 3.05) is 0 Å². The number of rotatable bonds is 3. The molecule has 0 fully saturated rings. The molecule has 0 aliphatic heterocycles. The van der Waals surface area contributed by atoms with Crippen LogP contribution in [0.4, 0.5) is 0 Å². The van der Waals surface area contributed by atoms with Crippen LogP contribution in [0.25, 0.3) is 0 Å². The molecule has 0 aliphatic carbocycles. The van der Waals surface area contributed by atoms with Gasteiger partial charge in [0.25, 0.3) is 0 Å². The Balaban J connectivity index is 5.00. The lowest BCUT2D eigenvalue weighted by molar-refractivity contribution is -0.104. The number of hydrogen-bond acceptors (Lipinski definition) is 1. The standard InChI is InChI=1S/C10H20OSi/c1-8(2)9(3)10(7-11)12(4,5)6/h7-8H,1-6H3/b10-9+. The highest BCUT2D eigenvalue weighted by Crippen LogP contribution is 2.21. The summed E-state index contributed by atoms with van der Waals surface area (Å²) in [6, 6.07) is 0. The molecule has 0 saturated heterocycles. The van der Waals surface area contributed by atoms with E-state index < -0.39 is 8.07 Å². The van der Waals surface area contributed by atoms with Crippen LogP contribution in [0.2, 0.25) is 19.6 Å². The molecule has 0 aromatic heterocycles. The number of aldehydes is 1. The number of hydrogen-bond donors (Lipinski definition) is 0. The lowest BCUT2D eigenvalue weighted by atomic mass is 10.1. The number of carbonyl (C=O) groups excluding carboxylic acids is 1. The van der Waals surface area contributed by atoms with Crippen LogP contribution in [0.3, 0.4) is 0 Å². The highest BCUT2D eigenvalue weighted by molar-refractivity contribution is 6.86. The van der Waals surface area contributed by atoms with Gasteiger partial charge < -0.3 is 0 Å². The fraction of sp³-hybridized carbons (Fsp3) is 0.700. The highest BCUT2D eigenvalue weighted by atomic mass is 28.3. The van der Waals surface area contributed by atoms with Gasteiger partial charge in [-0.25, -0.2) is 0 Å². The molecule has 0 radical (unpaired) electrons. The van der Waals surface area contributed by atoms with Crippen molar-refractivity contribution in [3.63, 3.8) is 0 Å². The van der Waals surface area contributed by atoms with E-state index in [0.717, 1.165) is 11.5 Å². The monoisotopic (exact) mass is 184 g/mol. The molecule has 0 aromatic rings. The smallest absolute Gasteiger partial charge is 0.142 e. The molecule has 0 bridgehead atoms. The van der Waals surface area contributed by atoms with Crippen molar-refractivity contribution >= 4 is 14.4 Å². The van der Waals surface area contributed by atoms with Crippen LogP contribution in [-0.4, -0.2) is 14.4 Å². The lowest BCUT2D eigenvalue weighted by Crippen LogP contribution is -2.27. The minimum absolute atomic E-state index is 0.497. The van der Waals surface area contributed by atoms with Crippen molar-refractivity contribution in [1.82, 2.24) is 0 Å². The predicted octanol–water partition coefficient (Wildman–Crippen LogP) is 3.04. The van der Waals surface area contributed by atoms with Crippen molar-refractivity contribution in [3.8, 4) is 0 Å². The van der Waals surface area contributed by atoms with Crippen LogP contribution < -0.4 is 0 Å². The van der Waals surface area contributed by atoms with E-state index in [9.17, 15) is 4.79 Å². The second-order valence-corrected chi connectivity index (χ2v) is 9.66. The third-order valence-corrected chi connectivity index (χ3v) is 4.34. The Bertz CT molecular complexity index is 196. The molecular weight excluding hydrogens is 164 g/mol. The summed E-state index contributed by atoms with van der Waals surface area (Å²) < 4.78 is 0. The van der Waals surface area contributed by atoms with Crippen molar-refractivity contribution in [3.05, 3.63) is 10.8 Å². The maximum absolute atomic E-state index is 10.9. The zero-order chi connectivity index (χ0) is 9.94. The van der Waals surface area contributed by atoms with Crippen LogP contribution in [0.5, 0.6) is 0 Å². The van der Waals surface area contributed by atoms with Gasteiger partial charge in [0.05, 0.1) is 8.07 Å². The molecule has 0 saturated carbocycles. The zero-order valence-corrected chi connectivity index (χ0v) is 10.1. The molecule has 0 aliphatic rings. The summed E-state index contributed by atoms with van der Waals surface area (Å²) in [6.07, 6.45) is 1.06. The number of carbonyl (C=O) groups is 1. The maximum Gasteiger partial charge on any atom is 0.142 e. The van der Waals surface area contributed by atoms with Gasteiger partial charge >= 0.3 is 0 Å². The summed E-state index contributed by atoms with van der Waals surface area (Å²) in [7, 11) is -1.40. The van der Waals surface area contributed by atoms with E-state index in [4.69, 9.17) is 0 Å². The molecule has 0 spiro atoms. The Morgan fingerprint density at radius 1 is 1.25 bits per heavy atom. The number of allylic oxidation sites excluding steroid dienone is 2. The van der Waals surface area contributed by atoms with E-state index >= 15 is 0 Å². The molecule has 0 amide bonds. The average Bonchev–Trinajstić information content (AvgIpc) is 1.85. The Kier molecular flexibility index (Phi) is 3.91. The first-order chi connectivity index (χ1) is 5.30. The van der Waals surface area contributed by atoms with E-state index in [0.29, 0.717) is 5.92 Å². The van der Waals surface area contributed by atoms with E-state index in [1.165, 1.54) is 5.57 Å². The largest absolute Gasteiger partial charge is 0.299 e. The fourth-order valence-electron chi connectivity index (χ4n) is 1.17. The van der Waals surface area contributed by atoms with E-state index in [1.54, 1.807) is 0 Å².